The summed E-state index contributed by atoms with van der Waals surface area (Å²) in [5, 5.41) is 25.8. The van der Waals surface area contributed by atoms with Gasteiger partial charge in [0.2, 0.25) is 0 Å². The van der Waals surface area contributed by atoms with Gasteiger partial charge in [0.1, 0.15) is 12.1 Å². The van der Waals surface area contributed by atoms with Gasteiger partial charge in [0, 0.05) is 11.4 Å². The van der Waals surface area contributed by atoms with E-state index in [1.165, 1.54) is 38.1 Å². The molecule has 12 nitrogen and oxygen atoms in total. The van der Waals surface area contributed by atoms with E-state index in [-0.39, 0.29) is 11.4 Å². The molecule has 0 saturated heterocycles. The summed E-state index contributed by atoms with van der Waals surface area (Å²) in [7, 11) is 0. The Morgan fingerprint density at radius 2 is 0.929 bits per heavy atom. The number of hydrogen-bond donors (Lipinski definition) is 6. The summed E-state index contributed by atoms with van der Waals surface area (Å²) in [5.74, 6) is -7.07. The third kappa shape index (κ3) is 6.74. The molecule has 12 heteroatoms. The summed E-state index contributed by atoms with van der Waals surface area (Å²) in [6.45, 7) is 2.39. The first-order valence-electron chi connectivity index (χ1n) is 7.80. The van der Waals surface area contributed by atoms with Crippen LogP contribution in [0.25, 0.3) is 0 Å². The Bertz CT molecular complexity index is 738. The molecule has 0 radical (unpaired) electrons. The molecule has 0 saturated carbocycles. The highest BCUT2D eigenvalue weighted by molar-refractivity contribution is 6.40. The van der Waals surface area contributed by atoms with Crippen molar-refractivity contribution in [1.29, 1.82) is 0 Å². The van der Waals surface area contributed by atoms with Crippen molar-refractivity contribution in [2.75, 3.05) is 10.6 Å². The zero-order valence-corrected chi connectivity index (χ0v) is 14.8. The first-order chi connectivity index (χ1) is 13.0. The van der Waals surface area contributed by atoms with Crippen LogP contribution in [-0.4, -0.2) is 57.9 Å². The van der Waals surface area contributed by atoms with Gasteiger partial charge in [-0.25, -0.2) is 0 Å². The van der Waals surface area contributed by atoms with Gasteiger partial charge in [0.25, 0.3) is 0 Å². The Balaban J connectivity index is 2.61. The minimum atomic E-state index is -1.30. The molecule has 0 aliphatic rings. The van der Waals surface area contributed by atoms with E-state index in [9.17, 15) is 28.8 Å². The molecule has 0 spiro atoms. The number of benzene rings is 1. The minimum Gasteiger partial charge on any atom is -0.480 e. The average molecular weight is 394 g/mol. The molecule has 4 amide bonds. The highest BCUT2D eigenvalue weighted by atomic mass is 16.4. The van der Waals surface area contributed by atoms with Crippen molar-refractivity contribution in [3.05, 3.63) is 24.3 Å². The zero-order chi connectivity index (χ0) is 21.4. The van der Waals surface area contributed by atoms with Crippen LogP contribution in [0.15, 0.2) is 24.3 Å². The lowest BCUT2D eigenvalue weighted by molar-refractivity contribution is -0.143. The van der Waals surface area contributed by atoms with Crippen LogP contribution in [-0.2, 0) is 28.8 Å². The average Bonchev–Trinajstić information content (AvgIpc) is 2.62. The van der Waals surface area contributed by atoms with Gasteiger partial charge in [-0.05, 0) is 38.1 Å². The number of hydrogen-bond acceptors (Lipinski definition) is 6. The maximum Gasteiger partial charge on any atom is 0.325 e. The molecule has 6 N–H and O–H groups in total. The van der Waals surface area contributed by atoms with Crippen molar-refractivity contribution in [2.24, 2.45) is 0 Å². The second kappa shape index (κ2) is 9.66. The first-order valence-corrected chi connectivity index (χ1v) is 7.80. The van der Waals surface area contributed by atoms with Gasteiger partial charge >= 0.3 is 35.6 Å². The van der Waals surface area contributed by atoms with E-state index in [0.29, 0.717) is 0 Å². The second-order valence-corrected chi connectivity index (χ2v) is 5.55. The molecular weight excluding hydrogens is 376 g/mol. The summed E-state index contributed by atoms with van der Waals surface area (Å²) < 4.78 is 0. The van der Waals surface area contributed by atoms with Crippen molar-refractivity contribution in [3.63, 3.8) is 0 Å². The maximum atomic E-state index is 11.7. The predicted octanol–water partition coefficient (Wildman–Crippen LogP) is -1.26. The number of carbonyl (C=O) groups is 6. The Morgan fingerprint density at radius 1 is 0.643 bits per heavy atom. The van der Waals surface area contributed by atoms with Crippen LogP contribution in [0.3, 0.4) is 0 Å². The molecule has 0 aromatic heterocycles. The summed E-state index contributed by atoms with van der Waals surface area (Å²) in [5.41, 5.74) is 0.343. The van der Waals surface area contributed by atoms with Gasteiger partial charge < -0.3 is 31.5 Å². The van der Waals surface area contributed by atoms with E-state index in [1.54, 1.807) is 0 Å². The number of carboxylic acid groups (broad SMARTS) is 2. The molecule has 1 aromatic rings. The lowest BCUT2D eigenvalue weighted by Gasteiger charge is -2.11. The third-order valence-corrected chi connectivity index (χ3v) is 3.25. The third-order valence-electron chi connectivity index (χ3n) is 3.25. The van der Waals surface area contributed by atoms with Crippen LogP contribution >= 0.6 is 0 Å². The zero-order valence-electron chi connectivity index (χ0n) is 14.8. The van der Waals surface area contributed by atoms with Crippen LogP contribution in [0.5, 0.6) is 0 Å². The molecule has 0 bridgehead atoms. The molecule has 28 heavy (non-hydrogen) atoms. The fourth-order valence-electron chi connectivity index (χ4n) is 1.66. The van der Waals surface area contributed by atoms with Crippen LogP contribution in [0.1, 0.15) is 13.8 Å². The molecule has 0 aliphatic heterocycles. The van der Waals surface area contributed by atoms with Crippen LogP contribution in [0, 0.1) is 0 Å². The summed E-state index contributed by atoms with van der Waals surface area (Å²) in [6.07, 6.45) is 0. The summed E-state index contributed by atoms with van der Waals surface area (Å²) >= 11 is 0. The van der Waals surface area contributed by atoms with Crippen molar-refractivity contribution in [3.8, 4) is 0 Å². The van der Waals surface area contributed by atoms with Gasteiger partial charge in [-0.1, -0.05) is 0 Å². The predicted molar refractivity (Wildman–Crippen MR) is 94.2 cm³/mol. The number of carboxylic acids is 2. The SMILES string of the molecule is CC(NC(=O)C(=O)Nc1ccc(NC(=O)C(=O)NC(C)C(=O)O)cc1)C(=O)O. The van der Waals surface area contributed by atoms with Crippen molar-refractivity contribution in [1.82, 2.24) is 10.6 Å². The van der Waals surface area contributed by atoms with Gasteiger partial charge in [0.05, 0.1) is 0 Å². The quantitative estimate of drug-likeness (QED) is 0.322. The highest BCUT2D eigenvalue weighted by Gasteiger charge is 2.21. The lowest BCUT2D eigenvalue weighted by atomic mass is 10.2. The summed E-state index contributed by atoms with van der Waals surface area (Å²) in [6, 6.07) is 2.79. The summed E-state index contributed by atoms with van der Waals surface area (Å²) in [4.78, 5) is 67.8. The van der Waals surface area contributed by atoms with E-state index >= 15 is 0 Å². The number of anilines is 2. The van der Waals surface area contributed by atoms with Gasteiger partial charge in [-0.2, -0.15) is 0 Å². The highest BCUT2D eigenvalue weighted by Crippen LogP contribution is 2.13. The fraction of sp³-hybridized carbons (Fsp3) is 0.250. The van der Waals surface area contributed by atoms with Crippen LogP contribution < -0.4 is 21.3 Å². The Labute approximate surface area is 158 Å². The Hall–Kier alpha value is -3.96. The molecule has 0 aliphatic carbocycles. The van der Waals surface area contributed by atoms with Gasteiger partial charge in [-0.15, -0.1) is 0 Å². The number of aliphatic carboxylic acids is 2. The topological polar surface area (TPSA) is 191 Å². The Kier molecular flexibility index (Phi) is 7.62. The largest absolute Gasteiger partial charge is 0.480 e. The molecule has 0 heterocycles. The number of carbonyl (C=O) groups excluding carboxylic acids is 4. The number of rotatable bonds is 6. The number of nitrogens with one attached hydrogen (secondary N) is 4. The molecular formula is C16H18N4O8. The molecule has 2 unspecified atom stereocenters. The molecule has 0 fully saturated rings. The van der Waals surface area contributed by atoms with Crippen molar-refractivity contribution < 1.29 is 39.0 Å². The van der Waals surface area contributed by atoms with E-state index in [2.05, 4.69) is 10.6 Å². The molecule has 1 aromatic carbocycles. The van der Waals surface area contributed by atoms with Gasteiger partial charge in [0.15, 0.2) is 0 Å². The van der Waals surface area contributed by atoms with Gasteiger partial charge in [-0.3, -0.25) is 28.8 Å². The van der Waals surface area contributed by atoms with E-state index in [1.807, 2.05) is 10.6 Å². The minimum absolute atomic E-state index is 0.171. The van der Waals surface area contributed by atoms with E-state index in [0.717, 1.165) is 0 Å². The normalized spacial score (nSPS) is 12.1. The number of amides is 4. The Morgan fingerprint density at radius 3 is 1.18 bits per heavy atom. The standard InChI is InChI=1S/C16H18N4O8/c1-7(15(25)26)17-11(21)13(23)19-9-3-5-10(6-4-9)20-14(24)12(22)18-8(2)16(27)28/h3-8H,1-2H3,(H,17,21)(H,18,22)(H,19,23)(H,20,24)(H,25,26)(H,27,28). The lowest BCUT2D eigenvalue weighted by Crippen LogP contribution is -2.44. The first kappa shape index (κ1) is 22.1. The maximum absolute atomic E-state index is 11.7. The fourth-order valence-corrected chi connectivity index (χ4v) is 1.66. The van der Waals surface area contributed by atoms with E-state index < -0.39 is 47.7 Å². The molecule has 1 rings (SSSR count). The monoisotopic (exact) mass is 394 g/mol. The van der Waals surface area contributed by atoms with Crippen LogP contribution in [0.2, 0.25) is 0 Å². The molecule has 150 valence electrons. The van der Waals surface area contributed by atoms with E-state index in [4.69, 9.17) is 10.2 Å². The molecule has 2 atom stereocenters. The van der Waals surface area contributed by atoms with Crippen molar-refractivity contribution >= 4 is 46.9 Å². The smallest absolute Gasteiger partial charge is 0.325 e. The second-order valence-electron chi connectivity index (χ2n) is 5.55. The van der Waals surface area contributed by atoms with Crippen LogP contribution in [0.4, 0.5) is 11.4 Å². The van der Waals surface area contributed by atoms with Crippen molar-refractivity contribution in [2.45, 2.75) is 25.9 Å².